The molecule has 0 spiro atoms. The molecular weight excluding hydrogens is 222 g/mol. The summed E-state index contributed by atoms with van der Waals surface area (Å²) in [6, 6.07) is 9.30. The van der Waals surface area contributed by atoms with E-state index in [1.165, 1.54) is 18.4 Å². The molecule has 0 saturated heterocycles. The standard InChI is InChI=1S/C16H27NO/c1-6-12(3)16(7-2)17-13(4)14-8-10-15(18-5)11-9-14/h8-13,16-17H,6-7H2,1-5H3. The fraction of sp³-hybridized carbons (Fsp3) is 0.625. The zero-order valence-electron chi connectivity index (χ0n) is 12.4. The Kier molecular flexibility index (Phi) is 6.20. The van der Waals surface area contributed by atoms with Gasteiger partial charge >= 0.3 is 0 Å². The molecule has 0 bridgehead atoms. The molecule has 3 atom stereocenters. The fourth-order valence-electron chi connectivity index (χ4n) is 2.28. The Labute approximate surface area is 112 Å². The molecule has 2 nitrogen and oxygen atoms in total. The van der Waals surface area contributed by atoms with Crippen LogP contribution in [0.2, 0.25) is 0 Å². The lowest BCUT2D eigenvalue weighted by molar-refractivity contribution is 0.330. The lowest BCUT2D eigenvalue weighted by atomic mass is 9.95. The van der Waals surface area contributed by atoms with E-state index in [0.29, 0.717) is 12.1 Å². The molecule has 0 aromatic heterocycles. The Morgan fingerprint density at radius 3 is 2.11 bits per heavy atom. The van der Waals surface area contributed by atoms with Gasteiger partial charge in [-0.25, -0.2) is 0 Å². The normalized spacial score (nSPS) is 16.1. The molecule has 0 aliphatic rings. The molecule has 0 heterocycles. The average molecular weight is 249 g/mol. The van der Waals surface area contributed by atoms with Crippen LogP contribution in [0.25, 0.3) is 0 Å². The summed E-state index contributed by atoms with van der Waals surface area (Å²) in [5.41, 5.74) is 1.32. The zero-order chi connectivity index (χ0) is 13.5. The van der Waals surface area contributed by atoms with Crippen molar-refractivity contribution in [2.45, 2.75) is 52.6 Å². The van der Waals surface area contributed by atoms with E-state index in [1.807, 2.05) is 12.1 Å². The lowest BCUT2D eigenvalue weighted by Gasteiger charge is -2.27. The van der Waals surface area contributed by atoms with E-state index in [9.17, 15) is 0 Å². The van der Waals surface area contributed by atoms with Crippen LogP contribution in [0.15, 0.2) is 24.3 Å². The van der Waals surface area contributed by atoms with Gasteiger partial charge in [0.2, 0.25) is 0 Å². The summed E-state index contributed by atoms with van der Waals surface area (Å²) in [6.07, 6.45) is 2.40. The minimum absolute atomic E-state index is 0.384. The van der Waals surface area contributed by atoms with Crippen molar-refractivity contribution in [3.63, 3.8) is 0 Å². The van der Waals surface area contributed by atoms with Gasteiger partial charge in [-0.1, -0.05) is 39.3 Å². The molecule has 0 radical (unpaired) electrons. The highest BCUT2D eigenvalue weighted by Crippen LogP contribution is 2.20. The highest BCUT2D eigenvalue weighted by molar-refractivity contribution is 5.28. The second kappa shape index (κ2) is 7.42. The average Bonchev–Trinajstić information content (AvgIpc) is 2.43. The van der Waals surface area contributed by atoms with Gasteiger partial charge in [-0.05, 0) is 37.0 Å². The number of methoxy groups -OCH3 is 1. The van der Waals surface area contributed by atoms with E-state index in [4.69, 9.17) is 4.74 Å². The number of benzene rings is 1. The van der Waals surface area contributed by atoms with E-state index in [1.54, 1.807) is 7.11 Å². The number of ether oxygens (including phenoxy) is 1. The summed E-state index contributed by atoms with van der Waals surface area (Å²) in [4.78, 5) is 0. The van der Waals surface area contributed by atoms with Gasteiger partial charge in [0.1, 0.15) is 5.75 Å². The first-order valence-corrected chi connectivity index (χ1v) is 7.02. The Morgan fingerprint density at radius 1 is 1.06 bits per heavy atom. The summed E-state index contributed by atoms with van der Waals surface area (Å²) < 4.78 is 5.19. The van der Waals surface area contributed by atoms with Crippen LogP contribution >= 0.6 is 0 Å². The third kappa shape index (κ3) is 4.02. The molecule has 0 saturated carbocycles. The predicted octanol–water partition coefficient (Wildman–Crippen LogP) is 4.17. The van der Waals surface area contributed by atoms with E-state index < -0.39 is 0 Å². The van der Waals surface area contributed by atoms with Crippen molar-refractivity contribution >= 4 is 0 Å². The van der Waals surface area contributed by atoms with Gasteiger partial charge in [-0.2, -0.15) is 0 Å². The van der Waals surface area contributed by atoms with E-state index >= 15 is 0 Å². The van der Waals surface area contributed by atoms with Crippen molar-refractivity contribution in [2.75, 3.05) is 7.11 Å². The van der Waals surface area contributed by atoms with Crippen LogP contribution in [0, 0.1) is 5.92 Å². The zero-order valence-corrected chi connectivity index (χ0v) is 12.4. The highest BCUT2D eigenvalue weighted by atomic mass is 16.5. The molecule has 3 unspecified atom stereocenters. The van der Waals surface area contributed by atoms with Gasteiger partial charge in [0.05, 0.1) is 7.11 Å². The first-order chi connectivity index (χ1) is 8.62. The number of nitrogens with one attached hydrogen (secondary N) is 1. The summed E-state index contributed by atoms with van der Waals surface area (Å²) >= 11 is 0. The van der Waals surface area contributed by atoms with Crippen LogP contribution < -0.4 is 10.1 Å². The van der Waals surface area contributed by atoms with E-state index in [0.717, 1.165) is 11.7 Å². The van der Waals surface area contributed by atoms with Crippen LogP contribution in [0.3, 0.4) is 0 Å². The van der Waals surface area contributed by atoms with Crippen LogP contribution in [-0.2, 0) is 0 Å². The predicted molar refractivity (Wildman–Crippen MR) is 78.1 cm³/mol. The molecule has 1 aromatic rings. The van der Waals surface area contributed by atoms with Gasteiger partial charge in [0, 0.05) is 12.1 Å². The first kappa shape index (κ1) is 15.0. The fourth-order valence-corrected chi connectivity index (χ4v) is 2.28. The summed E-state index contributed by atoms with van der Waals surface area (Å²) in [5, 5.41) is 3.73. The van der Waals surface area contributed by atoms with Gasteiger partial charge in [-0.3, -0.25) is 0 Å². The van der Waals surface area contributed by atoms with Crippen molar-refractivity contribution in [2.24, 2.45) is 5.92 Å². The number of hydrogen-bond acceptors (Lipinski definition) is 2. The lowest BCUT2D eigenvalue weighted by Crippen LogP contribution is -2.36. The maximum atomic E-state index is 5.19. The van der Waals surface area contributed by atoms with Crippen molar-refractivity contribution in [1.82, 2.24) is 5.32 Å². The van der Waals surface area contributed by atoms with Gasteiger partial charge in [0.25, 0.3) is 0 Å². The molecule has 2 heteroatoms. The summed E-state index contributed by atoms with van der Waals surface area (Å²) in [7, 11) is 1.70. The maximum Gasteiger partial charge on any atom is 0.118 e. The maximum absolute atomic E-state index is 5.19. The topological polar surface area (TPSA) is 21.3 Å². The molecular formula is C16H27NO. The molecule has 0 fully saturated rings. The Bertz CT molecular complexity index is 333. The van der Waals surface area contributed by atoms with E-state index in [2.05, 4.69) is 45.1 Å². The molecule has 1 rings (SSSR count). The summed E-state index contributed by atoms with van der Waals surface area (Å²) in [6.45, 7) is 9.06. The third-order valence-corrected chi connectivity index (χ3v) is 3.85. The minimum atomic E-state index is 0.384. The van der Waals surface area contributed by atoms with E-state index in [-0.39, 0.29) is 0 Å². The van der Waals surface area contributed by atoms with Crippen LogP contribution in [-0.4, -0.2) is 13.2 Å². The third-order valence-electron chi connectivity index (χ3n) is 3.85. The quantitative estimate of drug-likeness (QED) is 0.783. The number of hydrogen-bond donors (Lipinski definition) is 1. The summed E-state index contributed by atoms with van der Waals surface area (Å²) in [5.74, 6) is 1.63. The molecule has 18 heavy (non-hydrogen) atoms. The SMILES string of the molecule is CCC(C)C(CC)NC(C)c1ccc(OC)cc1. The second-order valence-corrected chi connectivity index (χ2v) is 5.06. The molecule has 102 valence electrons. The Hall–Kier alpha value is -1.02. The minimum Gasteiger partial charge on any atom is -0.497 e. The van der Waals surface area contributed by atoms with Crippen molar-refractivity contribution in [3.8, 4) is 5.75 Å². The molecule has 1 aromatic carbocycles. The van der Waals surface area contributed by atoms with Crippen molar-refractivity contribution in [3.05, 3.63) is 29.8 Å². The number of rotatable bonds is 7. The molecule has 0 aliphatic heterocycles. The van der Waals surface area contributed by atoms with Gasteiger partial charge < -0.3 is 10.1 Å². The smallest absolute Gasteiger partial charge is 0.118 e. The Balaban J connectivity index is 2.65. The monoisotopic (exact) mass is 249 g/mol. The van der Waals surface area contributed by atoms with Crippen LogP contribution in [0.4, 0.5) is 0 Å². The van der Waals surface area contributed by atoms with Crippen molar-refractivity contribution in [1.29, 1.82) is 0 Å². The largest absolute Gasteiger partial charge is 0.497 e. The van der Waals surface area contributed by atoms with Gasteiger partial charge in [-0.15, -0.1) is 0 Å². The van der Waals surface area contributed by atoms with Gasteiger partial charge in [0.15, 0.2) is 0 Å². The molecule has 0 amide bonds. The van der Waals surface area contributed by atoms with Crippen LogP contribution in [0.5, 0.6) is 5.75 Å². The second-order valence-electron chi connectivity index (χ2n) is 5.06. The van der Waals surface area contributed by atoms with Crippen molar-refractivity contribution < 1.29 is 4.74 Å². The van der Waals surface area contributed by atoms with Crippen LogP contribution in [0.1, 0.15) is 52.1 Å². The first-order valence-electron chi connectivity index (χ1n) is 7.02. The molecule has 1 N–H and O–H groups in total. The molecule has 0 aliphatic carbocycles. The highest BCUT2D eigenvalue weighted by Gasteiger charge is 2.16. The Morgan fingerprint density at radius 2 is 1.67 bits per heavy atom.